The molecule has 6 nitrogen and oxygen atoms in total. The number of nitrogens with zero attached hydrogens (tertiary/aromatic N) is 2. The molecule has 1 saturated carbocycles. The lowest BCUT2D eigenvalue weighted by Gasteiger charge is -2.29. The first-order valence-electron chi connectivity index (χ1n) is 8.97. The van der Waals surface area contributed by atoms with E-state index in [1.165, 1.54) is 0 Å². The average Bonchev–Trinajstić information content (AvgIpc) is 2.62. The van der Waals surface area contributed by atoms with Gasteiger partial charge in [0.2, 0.25) is 0 Å². The zero-order valence-corrected chi connectivity index (χ0v) is 15.5. The smallest absolute Gasteiger partial charge is 0.317 e. The summed E-state index contributed by atoms with van der Waals surface area (Å²) in [4.78, 5) is 21.1. The van der Waals surface area contributed by atoms with Crippen molar-refractivity contribution in [1.29, 1.82) is 0 Å². The maximum Gasteiger partial charge on any atom is 0.317 e. The molecule has 0 unspecified atom stereocenters. The van der Waals surface area contributed by atoms with Crippen LogP contribution in [-0.2, 0) is 0 Å². The Bertz CT molecular complexity index is 750. The molecule has 1 aliphatic carbocycles. The molecular weight excluding hydrogens is 330 g/mol. The van der Waals surface area contributed by atoms with Crippen LogP contribution in [0.25, 0.3) is 0 Å². The number of hydrogen-bond acceptors (Lipinski definition) is 5. The van der Waals surface area contributed by atoms with Crippen molar-refractivity contribution in [2.45, 2.75) is 51.7 Å². The van der Waals surface area contributed by atoms with Gasteiger partial charge in [0.1, 0.15) is 11.9 Å². The Morgan fingerprint density at radius 1 is 1.08 bits per heavy atom. The number of hydrogen-bond donors (Lipinski definition) is 1. The Hall–Kier alpha value is -2.63. The maximum atomic E-state index is 12.4. The van der Waals surface area contributed by atoms with Gasteiger partial charge in [0.25, 0.3) is 5.91 Å². The van der Waals surface area contributed by atoms with E-state index >= 15 is 0 Å². The number of aromatic nitrogens is 2. The lowest BCUT2D eigenvalue weighted by atomic mass is 9.92. The molecule has 1 heterocycles. The fourth-order valence-corrected chi connectivity index (χ4v) is 3.25. The number of rotatable bonds is 5. The first-order chi connectivity index (χ1) is 12.5. The third-order valence-corrected chi connectivity index (χ3v) is 4.58. The van der Waals surface area contributed by atoms with Crippen LogP contribution >= 0.6 is 0 Å². The Kier molecular flexibility index (Phi) is 5.71. The summed E-state index contributed by atoms with van der Waals surface area (Å²) < 4.78 is 11.1. The predicted octanol–water partition coefficient (Wildman–Crippen LogP) is 3.22. The van der Waals surface area contributed by atoms with Crippen molar-refractivity contribution in [3.63, 3.8) is 0 Å². The number of aryl methyl sites for hydroxylation is 2. The van der Waals surface area contributed by atoms with Crippen molar-refractivity contribution in [2.24, 2.45) is 0 Å². The quantitative estimate of drug-likeness (QED) is 0.891. The molecule has 0 saturated heterocycles. The van der Waals surface area contributed by atoms with Crippen LogP contribution in [0.2, 0.25) is 0 Å². The number of methoxy groups -OCH3 is 1. The topological polar surface area (TPSA) is 73.3 Å². The molecule has 1 N–H and O–H groups in total. The zero-order valence-electron chi connectivity index (χ0n) is 15.5. The second-order valence-electron chi connectivity index (χ2n) is 6.73. The van der Waals surface area contributed by atoms with E-state index in [1.54, 1.807) is 19.2 Å². The first-order valence-corrected chi connectivity index (χ1v) is 8.97. The van der Waals surface area contributed by atoms with E-state index in [-0.39, 0.29) is 18.1 Å². The Morgan fingerprint density at radius 3 is 2.42 bits per heavy atom. The van der Waals surface area contributed by atoms with Crippen molar-refractivity contribution in [2.75, 3.05) is 7.11 Å². The second kappa shape index (κ2) is 8.17. The third kappa shape index (κ3) is 4.71. The largest absolute Gasteiger partial charge is 0.497 e. The Labute approximate surface area is 154 Å². The van der Waals surface area contributed by atoms with E-state index in [9.17, 15) is 4.79 Å². The number of nitrogens with one attached hydrogen (secondary N) is 1. The molecule has 0 bridgehead atoms. The lowest BCUT2D eigenvalue weighted by molar-refractivity contribution is 0.0884. The predicted molar refractivity (Wildman–Crippen MR) is 98.6 cm³/mol. The number of benzene rings is 1. The van der Waals surface area contributed by atoms with Gasteiger partial charge in [-0.1, -0.05) is 6.07 Å². The number of carbonyl (C=O) groups excluding carboxylic acids is 1. The first kappa shape index (κ1) is 18.2. The summed E-state index contributed by atoms with van der Waals surface area (Å²) >= 11 is 0. The van der Waals surface area contributed by atoms with Gasteiger partial charge in [0.05, 0.1) is 7.11 Å². The molecule has 2 aromatic rings. The lowest BCUT2D eigenvalue weighted by Crippen LogP contribution is -2.39. The highest BCUT2D eigenvalue weighted by molar-refractivity contribution is 5.94. The van der Waals surface area contributed by atoms with Crippen LogP contribution in [0, 0.1) is 13.8 Å². The minimum absolute atomic E-state index is 0.0640. The van der Waals surface area contributed by atoms with Crippen molar-refractivity contribution < 1.29 is 14.3 Å². The van der Waals surface area contributed by atoms with Crippen LogP contribution in [0.5, 0.6) is 11.8 Å². The minimum atomic E-state index is -0.0640. The monoisotopic (exact) mass is 355 g/mol. The van der Waals surface area contributed by atoms with Crippen LogP contribution in [-0.4, -0.2) is 35.1 Å². The molecule has 1 fully saturated rings. The van der Waals surface area contributed by atoms with E-state index in [1.807, 2.05) is 32.0 Å². The van der Waals surface area contributed by atoms with Gasteiger partial charge >= 0.3 is 6.01 Å². The highest BCUT2D eigenvalue weighted by atomic mass is 16.5. The molecule has 0 aliphatic heterocycles. The fourth-order valence-electron chi connectivity index (χ4n) is 3.25. The summed E-state index contributed by atoms with van der Waals surface area (Å²) in [7, 11) is 1.59. The van der Waals surface area contributed by atoms with E-state index in [2.05, 4.69) is 15.3 Å². The zero-order chi connectivity index (χ0) is 18.5. The SMILES string of the molecule is COc1cccc(C(=O)NC2CCC(Oc3nc(C)cc(C)n3)CC2)c1. The van der Waals surface area contributed by atoms with E-state index in [0.717, 1.165) is 37.1 Å². The summed E-state index contributed by atoms with van der Waals surface area (Å²) in [6.45, 7) is 3.87. The molecule has 0 atom stereocenters. The summed E-state index contributed by atoms with van der Waals surface area (Å²) in [5.41, 5.74) is 2.44. The minimum Gasteiger partial charge on any atom is -0.497 e. The normalized spacial score (nSPS) is 19.7. The summed E-state index contributed by atoms with van der Waals surface area (Å²) in [5.74, 6) is 0.620. The van der Waals surface area contributed by atoms with Gasteiger partial charge in [-0.2, -0.15) is 0 Å². The standard InChI is InChI=1S/C20H25N3O3/c1-13-11-14(2)22-20(21-13)26-17-9-7-16(8-10-17)23-19(24)15-5-4-6-18(12-15)25-3/h4-6,11-12,16-17H,7-10H2,1-3H3,(H,23,24). The van der Waals surface area contributed by atoms with E-state index < -0.39 is 0 Å². The van der Waals surface area contributed by atoms with Gasteiger partial charge in [-0.05, 0) is 63.8 Å². The molecule has 1 aromatic carbocycles. The molecule has 138 valence electrons. The molecule has 3 rings (SSSR count). The number of ether oxygens (including phenoxy) is 2. The van der Waals surface area contributed by atoms with Crippen molar-refractivity contribution in [3.05, 3.63) is 47.3 Å². The maximum absolute atomic E-state index is 12.4. The molecule has 0 radical (unpaired) electrons. The number of carbonyl (C=O) groups is 1. The molecular formula is C20H25N3O3. The molecule has 1 aliphatic rings. The number of amides is 1. The van der Waals surface area contributed by atoms with Crippen molar-refractivity contribution in [3.8, 4) is 11.8 Å². The molecule has 1 amide bonds. The molecule has 1 aromatic heterocycles. The average molecular weight is 355 g/mol. The van der Waals surface area contributed by atoms with Gasteiger partial charge in [-0.15, -0.1) is 0 Å². The highest BCUT2D eigenvalue weighted by Crippen LogP contribution is 2.23. The summed E-state index contributed by atoms with van der Waals surface area (Å²) in [6, 6.07) is 9.74. The van der Waals surface area contributed by atoms with Crippen LogP contribution in [0.15, 0.2) is 30.3 Å². The Balaban J connectivity index is 1.51. The van der Waals surface area contributed by atoms with E-state index in [0.29, 0.717) is 17.3 Å². The van der Waals surface area contributed by atoms with Crippen LogP contribution < -0.4 is 14.8 Å². The Morgan fingerprint density at radius 2 is 1.77 bits per heavy atom. The van der Waals surface area contributed by atoms with Crippen LogP contribution in [0.1, 0.15) is 47.4 Å². The molecule has 0 spiro atoms. The third-order valence-electron chi connectivity index (χ3n) is 4.58. The van der Waals surface area contributed by atoms with Crippen LogP contribution in [0.3, 0.4) is 0 Å². The van der Waals surface area contributed by atoms with E-state index in [4.69, 9.17) is 9.47 Å². The van der Waals surface area contributed by atoms with Crippen LogP contribution in [0.4, 0.5) is 0 Å². The molecule has 26 heavy (non-hydrogen) atoms. The van der Waals surface area contributed by atoms with Gasteiger partial charge in [-0.3, -0.25) is 4.79 Å². The van der Waals surface area contributed by atoms with Gasteiger partial charge in [-0.25, -0.2) is 9.97 Å². The summed E-state index contributed by atoms with van der Waals surface area (Å²) in [5, 5.41) is 3.11. The molecule has 6 heteroatoms. The summed E-state index contributed by atoms with van der Waals surface area (Å²) in [6.07, 6.45) is 3.61. The second-order valence-corrected chi connectivity index (χ2v) is 6.73. The van der Waals surface area contributed by atoms with Crippen molar-refractivity contribution in [1.82, 2.24) is 15.3 Å². The van der Waals surface area contributed by atoms with Gasteiger partial charge < -0.3 is 14.8 Å². The van der Waals surface area contributed by atoms with Crippen molar-refractivity contribution >= 4 is 5.91 Å². The fraction of sp³-hybridized carbons (Fsp3) is 0.450. The van der Waals surface area contributed by atoms with Gasteiger partial charge in [0.15, 0.2) is 0 Å². The highest BCUT2D eigenvalue weighted by Gasteiger charge is 2.24. The van der Waals surface area contributed by atoms with Gasteiger partial charge in [0, 0.05) is 23.0 Å².